The molecule has 4 heteroatoms. The number of benzene rings is 1. The number of hydrogen-bond acceptors (Lipinski definition) is 3. The van der Waals surface area contributed by atoms with E-state index in [2.05, 4.69) is 17.1 Å². The van der Waals surface area contributed by atoms with E-state index >= 15 is 0 Å². The van der Waals surface area contributed by atoms with Crippen molar-refractivity contribution in [2.24, 2.45) is 0 Å². The summed E-state index contributed by atoms with van der Waals surface area (Å²) in [7, 11) is 1.97. The van der Waals surface area contributed by atoms with Crippen molar-refractivity contribution in [3.8, 4) is 0 Å². The highest BCUT2D eigenvalue weighted by atomic mass is 19.1. The molecule has 0 heterocycles. The molecule has 0 saturated heterocycles. The van der Waals surface area contributed by atoms with Gasteiger partial charge >= 0.3 is 0 Å². The number of rotatable bonds is 8. The monoisotopic (exact) mass is 254 g/mol. The lowest BCUT2D eigenvalue weighted by Gasteiger charge is -2.23. The third kappa shape index (κ3) is 5.02. The van der Waals surface area contributed by atoms with Crippen LogP contribution in [0.25, 0.3) is 0 Å². The Labute approximate surface area is 109 Å². The maximum atomic E-state index is 12.8. The Balaban J connectivity index is 2.39. The van der Waals surface area contributed by atoms with Gasteiger partial charge in [0.15, 0.2) is 0 Å². The van der Waals surface area contributed by atoms with E-state index in [1.54, 1.807) is 12.1 Å². The van der Waals surface area contributed by atoms with Crippen LogP contribution in [0.2, 0.25) is 0 Å². The molecule has 3 nitrogen and oxygen atoms in total. The van der Waals surface area contributed by atoms with E-state index in [1.807, 2.05) is 7.05 Å². The van der Waals surface area contributed by atoms with Crippen LogP contribution in [0, 0.1) is 5.82 Å². The molecular formula is C14H23FN2O. The van der Waals surface area contributed by atoms with Gasteiger partial charge in [0.25, 0.3) is 0 Å². The zero-order valence-electron chi connectivity index (χ0n) is 11.2. The van der Waals surface area contributed by atoms with Crippen LogP contribution in [0.3, 0.4) is 0 Å². The first-order chi connectivity index (χ1) is 8.67. The van der Waals surface area contributed by atoms with Crippen LogP contribution in [0.1, 0.15) is 19.8 Å². The number of aliphatic hydroxyl groups excluding tert-OH is 1. The molecule has 0 radical (unpaired) electrons. The van der Waals surface area contributed by atoms with Crippen LogP contribution in [0.5, 0.6) is 0 Å². The summed E-state index contributed by atoms with van der Waals surface area (Å²) in [6.07, 6.45) is 1.93. The van der Waals surface area contributed by atoms with Crippen LogP contribution in [0.4, 0.5) is 10.1 Å². The highest BCUT2D eigenvalue weighted by Crippen LogP contribution is 2.13. The van der Waals surface area contributed by atoms with Crippen molar-refractivity contribution in [2.45, 2.75) is 25.8 Å². The van der Waals surface area contributed by atoms with E-state index in [1.165, 1.54) is 12.1 Å². The highest BCUT2D eigenvalue weighted by molar-refractivity contribution is 5.45. The minimum Gasteiger partial charge on any atom is -0.395 e. The van der Waals surface area contributed by atoms with Crippen molar-refractivity contribution in [1.29, 1.82) is 0 Å². The van der Waals surface area contributed by atoms with Crippen LogP contribution in [-0.4, -0.2) is 37.9 Å². The minimum atomic E-state index is -0.218. The third-order valence-corrected chi connectivity index (χ3v) is 2.98. The average molecular weight is 254 g/mol. The standard InChI is InChI=1S/C14H23FN2O/c1-3-9-16-13(11-18)8-10-17(2)14-6-4-12(15)5-7-14/h4-7,13,16,18H,3,8-11H2,1-2H3. The summed E-state index contributed by atoms with van der Waals surface area (Å²) in [5, 5.41) is 12.5. The van der Waals surface area contributed by atoms with Crippen molar-refractivity contribution < 1.29 is 9.50 Å². The van der Waals surface area contributed by atoms with Crippen molar-refractivity contribution in [3.63, 3.8) is 0 Å². The molecule has 0 aliphatic rings. The summed E-state index contributed by atoms with van der Waals surface area (Å²) in [6.45, 7) is 4.00. The molecule has 0 spiro atoms. The molecule has 0 saturated carbocycles. The van der Waals surface area contributed by atoms with Crippen LogP contribution in [0.15, 0.2) is 24.3 Å². The molecule has 102 valence electrons. The fourth-order valence-corrected chi connectivity index (χ4v) is 1.78. The smallest absolute Gasteiger partial charge is 0.123 e. The molecule has 1 atom stereocenters. The van der Waals surface area contributed by atoms with E-state index in [4.69, 9.17) is 0 Å². The number of aliphatic hydroxyl groups is 1. The molecule has 0 fully saturated rings. The van der Waals surface area contributed by atoms with Gasteiger partial charge in [0.2, 0.25) is 0 Å². The summed E-state index contributed by atoms with van der Waals surface area (Å²) in [5.41, 5.74) is 0.989. The van der Waals surface area contributed by atoms with Crippen molar-refractivity contribution >= 4 is 5.69 Å². The summed E-state index contributed by atoms with van der Waals surface area (Å²) in [4.78, 5) is 2.07. The number of nitrogens with one attached hydrogen (secondary N) is 1. The van der Waals surface area contributed by atoms with Crippen LogP contribution >= 0.6 is 0 Å². The molecule has 0 aliphatic carbocycles. The summed E-state index contributed by atoms with van der Waals surface area (Å²) < 4.78 is 12.8. The van der Waals surface area contributed by atoms with Gasteiger partial charge in [-0.05, 0) is 43.7 Å². The summed E-state index contributed by atoms with van der Waals surface area (Å²) >= 11 is 0. The molecule has 1 unspecified atom stereocenters. The molecule has 0 amide bonds. The van der Waals surface area contributed by atoms with Gasteiger partial charge in [-0.1, -0.05) is 6.92 Å². The van der Waals surface area contributed by atoms with E-state index < -0.39 is 0 Å². The lowest BCUT2D eigenvalue weighted by atomic mass is 10.2. The zero-order chi connectivity index (χ0) is 13.4. The normalized spacial score (nSPS) is 12.4. The average Bonchev–Trinajstić information content (AvgIpc) is 2.39. The molecule has 0 aliphatic heterocycles. The van der Waals surface area contributed by atoms with Crippen molar-refractivity contribution in [1.82, 2.24) is 5.32 Å². The van der Waals surface area contributed by atoms with Gasteiger partial charge < -0.3 is 15.3 Å². The molecule has 0 bridgehead atoms. The first kappa shape index (κ1) is 14.9. The topological polar surface area (TPSA) is 35.5 Å². The number of anilines is 1. The maximum Gasteiger partial charge on any atom is 0.123 e. The Bertz CT molecular complexity index is 329. The Kier molecular flexibility index (Phi) is 6.68. The summed E-state index contributed by atoms with van der Waals surface area (Å²) in [6, 6.07) is 6.59. The summed E-state index contributed by atoms with van der Waals surface area (Å²) in [5.74, 6) is -0.218. The Hall–Kier alpha value is -1.13. The first-order valence-electron chi connectivity index (χ1n) is 6.48. The Morgan fingerprint density at radius 2 is 2.00 bits per heavy atom. The van der Waals surface area contributed by atoms with Crippen LogP contribution in [-0.2, 0) is 0 Å². The van der Waals surface area contributed by atoms with Gasteiger partial charge in [-0.25, -0.2) is 4.39 Å². The number of nitrogens with zero attached hydrogens (tertiary/aromatic N) is 1. The van der Waals surface area contributed by atoms with Crippen LogP contribution < -0.4 is 10.2 Å². The Morgan fingerprint density at radius 1 is 1.33 bits per heavy atom. The lowest BCUT2D eigenvalue weighted by molar-refractivity contribution is 0.237. The molecular weight excluding hydrogens is 231 g/mol. The first-order valence-corrected chi connectivity index (χ1v) is 6.48. The van der Waals surface area contributed by atoms with E-state index in [0.717, 1.165) is 31.6 Å². The van der Waals surface area contributed by atoms with Gasteiger partial charge in [0, 0.05) is 25.3 Å². The number of halogens is 1. The van der Waals surface area contributed by atoms with Crippen molar-refractivity contribution in [2.75, 3.05) is 31.6 Å². The molecule has 2 N–H and O–H groups in total. The van der Waals surface area contributed by atoms with Crippen molar-refractivity contribution in [3.05, 3.63) is 30.1 Å². The molecule has 18 heavy (non-hydrogen) atoms. The second-order valence-electron chi connectivity index (χ2n) is 4.52. The van der Waals surface area contributed by atoms with E-state index in [9.17, 15) is 9.50 Å². The molecule has 1 aromatic rings. The molecule has 1 rings (SSSR count). The fourth-order valence-electron chi connectivity index (χ4n) is 1.78. The second-order valence-corrected chi connectivity index (χ2v) is 4.52. The van der Waals surface area contributed by atoms with E-state index in [0.29, 0.717) is 0 Å². The minimum absolute atomic E-state index is 0.132. The fraction of sp³-hybridized carbons (Fsp3) is 0.571. The highest BCUT2D eigenvalue weighted by Gasteiger charge is 2.08. The zero-order valence-corrected chi connectivity index (χ0v) is 11.2. The Morgan fingerprint density at radius 3 is 2.56 bits per heavy atom. The van der Waals surface area contributed by atoms with Gasteiger partial charge in [-0.15, -0.1) is 0 Å². The molecule has 0 aromatic heterocycles. The van der Waals surface area contributed by atoms with E-state index in [-0.39, 0.29) is 18.5 Å². The maximum absolute atomic E-state index is 12.8. The number of hydrogen-bond donors (Lipinski definition) is 2. The van der Waals surface area contributed by atoms with Gasteiger partial charge in [-0.2, -0.15) is 0 Å². The van der Waals surface area contributed by atoms with Gasteiger partial charge in [-0.3, -0.25) is 0 Å². The SMILES string of the molecule is CCCNC(CO)CCN(C)c1ccc(F)cc1. The van der Waals surface area contributed by atoms with Gasteiger partial charge in [0.05, 0.1) is 6.61 Å². The second kappa shape index (κ2) is 8.06. The van der Waals surface area contributed by atoms with Gasteiger partial charge in [0.1, 0.15) is 5.82 Å². The lowest BCUT2D eigenvalue weighted by Crippen LogP contribution is -2.36. The predicted molar refractivity (Wildman–Crippen MR) is 73.5 cm³/mol. The largest absolute Gasteiger partial charge is 0.395 e. The quantitative estimate of drug-likeness (QED) is 0.745. The predicted octanol–water partition coefficient (Wildman–Crippen LogP) is 2.01. The molecule has 1 aromatic carbocycles. The third-order valence-electron chi connectivity index (χ3n) is 2.98.